The molecule has 0 fully saturated rings. The first-order valence-corrected chi connectivity index (χ1v) is 5.08. The third-order valence-corrected chi connectivity index (χ3v) is 2.56. The van der Waals surface area contributed by atoms with Crippen molar-refractivity contribution in [2.45, 2.75) is 18.1 Å². The van der Waals surface area contributed by atoms with Crippen molar-refractivity contribution in [3.63, 3.8) is 0 Å². The van der Waals surface area contributed by atoms with E-state index >= 15 is 0 Å². The van der Waals surface area contributed by atoms with E-state index in [9.17, 15) is 22.0 Å². The fourth-order valence-corrected chi connectivity index (χ4v) is 1.54. The van der Waals surface area contributed by atoms with Crippen LogP contribution in [0.4, 0.5) is 22.0 Å². The maximum atomic E-state index is 13.1. The Morgan fingerprint density at radius 1 is 1.21 bits per heavy atom. The van der Waals surface area contributed by atoms with Crippen molar-refractivity contribution < 1.29 is 27.1 Å². The number of hydrogen-bond donors (Lipinski definition) is 2. The highest BCUT2D eigenvalue weighted by atomic mass is 35.5. The second-order valence-corrected chi connectivity index (χ2v) is 4.06. The van der Waals surface area contributed by atoms with E-state index in [1.54, 1.807) is 0 Å². The van der Waals surface area contributed by atoms with Crippen LogP contribution in [0.3, 0.4) is 0 Å². The lowest BCUT2D eigenvalue weighted by Crippen LogP contribution is -2.37. The molecule has 1 aromatic carbocycles. The first-order chi connectivity index (χ1) is 8.09. The van der Waals surface area contributed by atoms with Gasteiger partial charge in [0.05, 0.1) is 11.6 Å². The van der Waals surface area contributed by atoms with Gasteiger partial charge in [-0.3, -0.25) is 0 Å². The fourth-order valence-electron chi connectivity index (χ4n) is 1.37. The molecule has 19 heavy (non-hydrogen) atoms. The van der Waals surface area contributed by atoms with Gasteiger partial charge in [0.15, 0.2) is 0 Å². The molecule has 1 aromatic rings. The van der Waals surface area contributed by atoms with Gasteiger partial charge < -0.3 is 10.8 Å². The van der Waals surface area contributed by atoms with Gasteiger partial charge in [-0.05, 0) is 17.7 Å². The van der Waals surface area contributed by atoms with Crippen molar-refractivity contribution in [1.29, 1.82) is 0 Å². The van der Waals surface area contributed by atoms with Crippen molar-refractivity contribution >= 4 is 24.0 Å². The molecule has 3 N–H and O–H groups in total. The predicted molar refractivity (Wildman–Crippen MR) is 62.7 cm³/mol. The van der Waals surface area contributed by atoms with Crippen molar-refractivity contribution in [2.75, 3.05) is 6.61 Å². The zero-order chi connectivity index (χ0) is 14.1. The molecule has 0 unspecified atom stereocenters. The van der Waals surface area contributed by atoms with E-state index in [4.69, 9.17) is 22.4 Å². The number of alkyl halides is 5. The molecule has 0 saturated heterocycles. The average molecular weight is 326 g/mol. The quantitative estimate of drug-likeness (QED) is 0.836. The summed E-state index contributed by atoms with van der Waals surface area (Å²) in [7, 11) is 0. The smallest absolute Gasteiger partial charge is 0.390 e. The number of benzene rings is 1. The zero-order valence-corrected chi connectivity index (χ0v) is 10.8. The van der Waals surface area contributed by atoms with E-state index in [0.29, 0.717) is 6.07 Å². The van der Waals surface area contributed by atoms with Crippen molar-refractivity contribution in [3.05, 3.63) is 34.3 Å². The molecule has 0 amide bonds. The molecule has 1 atom stereocenters. The average Bonchev–Trinajstić information content (AvgIpc) is 2.27. The van der Waals surface area contributed by atoms with Crippen LogP contribution in [0.5, 0.6) is 0 Å². The van der Waals surface area contributed by atoms with Gasteiger partial charge in [-0.2, -0.15) is 13.2 Å². The Labute approximate surface area is 116 Å². The topological polar surface area (TPSA) is 46.2 Å². The molecule has 0 aliphatic heterocycles. The lowest BCUT2D eigenvalue weighted by molar-refractivity contribution is -0.139. The number of aliphatic hydroxyl groups is 1. The van der Waals surface area contributed by atoms with Crippen LogP contribution in [0.25, 0.3) is 0 Å². The van der Waals surface area contributed by atoms with Gasteiger partial charge in [0.1, 0.15) is 6.61 Å². The number of nitrogens with two attached hydrogens (primary N) is 1. The Bertz CT molecular complexity index is 438. The summed E-state index contributed by atoms with van der Waals surface area (Å²) in [5, 5.41) is 8.19. The minimum Gasteiger partial charge on any atom is -0.390 e. The second kappa shape index (κ2) is 6.21. The van der Waals surface area contributed by atoms with Crippen LogP contribution >= 0.6 is 24.0 Å². The number of rotatable bonds is 3. The summed E-state index contributed by atoms with van der Waals surface area (Å²) in [6.45, 7) is -1.64. The summed E-state index contributed by atoms with van der Waals surface area (Å²) in [4.78, 5) is 0. The molecular weight excluding hydrogens is 316 g/mol. The second-order valence-electron chi connectivity index (χ2n) is 3.63. The van der Waals surface area contributed by atoms with Gasteiger partial charge in [-0.25, -0.2) is 8.78 Å². The largest absolute Gasteiger partial charge is 0.416 e. The minimum atomic E-state index is -4.86. The Balaban J connectivity index is 0.00000324. The van der Waals surface area contributed by atoms with E-state index in [2.05, 4.69) is 0 Å². The Kier molecular flexibility index (Phi) is 6.01. The molecular formula is C10H10Cl2F5NO. The summed E-state index contributed by atoms with van der Waals surface area (Å²) in [6.07, 6.45) is -4.86. The summed E-state index contributed by atoms with van der Waals surface area (Å²) < 4.78 is 64.2. The molecule has 0 heterocycles. The number of hydrogen-bond acceptors (Lipinski definition) is 2. The van der Waals surface area contributed by atoms with Gasteiger partial charge in [0, 0.05) is 5.02 Å². The molecule has 1 rings (SSSR count). The monoisotopic (exact) mass is 325 g/mol. The summed E-state index contributed by atoms with van der Waals surface area (Å²) in [5.41, 5.74) is 2.93. The zero-order valence-electron chi connectivity index (χ0n) is 9.22. The minimum absolute atomic E-state index is 0. The van der Waals surface area contributed by atoms with E-state index in [0.717, 1.165) is 12.1 Å². The SMILES string of the molecule is Cl.N[C@@H](c1ccc(Cl)cc1C(F)(F)F)C(F)(F)CO. The maximum Gasteiger partial charge on any atom is 0.416 e. The molecule has 0 bridgehead atoms. The van der Waals surface area contributed by atoms with Crippen molar-refractivity contribution in [1.82, 2.24) is 0 Å². The molecule has 9 heteroatoms. The fraction of sp³-hybridized carbons (Fsp3) is 0.400. The van der Waals surface area contributed by atoms with Gasteiger partial charge in [0.25, 0.3) is 5.92 Å². The third kappa shape index (κ3) is 4.17. The standard InChI is InChI=1S/C10H9ClF5NO.ClH/c11-5-1-2-6(7(3-5)10(14,15)16)8(17)9(12,13)4-18;/h1-3,8,18H,4,17H2;1H/t8-;/m0./s1. The molecule has 0 radical (unpaired) electrons. The van der Waals surface area contributed by atoms with Crippen LogP contribution in [0.2, 0.25) is 5.02 Å². The Morgan fingerprint density at radius 2 is 1.74 bits per heavy atom. The van der Waals surface area contributed by atoms with Crippen LogP contribution in [0.1, 0.15) is 17.2 Å². The van der Waals surface area contributed by atoms with Crippen molar-refractivity contribution in [2.24, 2.45) is 5.73 Å². The van der Waals surface area contributed by atoms with Gasteiger partial charge in [-0.1, -0.05) is 17.7 Å². The summed E-state index contributed by atoms with van der Waals surface area (Å²) in [5.74, 6) is -3.85. The van der Waals surface area contributed by atoms with E-state index in [1.807, 2.05) is 0 Å². The first-order valence-electron chi connectivity index (χ1n) is 4.70. The highest BCUT2D eigenvalue weighted by Gasteiger charge is 2.43. The van der Waals surface area contributed by atoms with Crippen LogP contribution in [-0.4, -0.2) is 17.6 Å². The highest BCUT2D eigenvalue weighted by molar-refractivity contribution is 6.30. The van der Waals surface area contributed by atoms with Crippen LogP contribution in [-0.2, 0) is 6.18 Å². The highest BCUT2D eigenvalue weighted by Crippen LogP contribution is 2.39. The summed E-state index contributed by atoms with van der Waals surface area (Å²) >= 11 is 5.40. The van der Waals surface area contributed by atoms with E-state index in [-0.39, 0.29) is 17.4 Å². The number of halogens is 7. The van der Waals surface area contributed by atoms with E-state index < -0.39 is 35.9 Å². The van der Waals surface area contributed by atoms with Gasteiger partial charge >= 0.3 is 6.18 Å². The predicted octanol–water partition coefficient (Wildman–Crippen LogP) is 3.41. The molecule has 0 aliphatic carbocycles. The molecule has 0 spiro atoms. The van der Waals surface area contributed by atoms with Crippen LogP contribution < -0.4 is 5.73 Å². The third-order valence-electron chi connectivity index (χ3n) is 2.32. The van der Waals surface area contributed by atoms with Crippen LogP contribution in [0, 0.1) is 0 Å². The number of aliphatic hydroxyl groups excluding tert-OH is 1. The summed E-state index contributed by atoms with van der Waals surface area (Å²) in [6, 6.07) is 0.0552. The van der Waals surface area contributed by atoms with Crippen molar-refractivity contribution in [3.8, 4) is 0 Å². The Hall–Kier alpha value is -0.630. The lowest BCUT2D eigenvalue weighted by Gasteiger charge is -2.24. The van der Waals surface area contributed by atoms with Crippen LogP contribution in [0.15, 0.2) is 18.2 Å². The normalized spacial score (nSPS) is 13.9. The molecule has 2 nitrogen and oxygen atoms in total. The van der Waals surface area contributed by atoms with E-state index in [1.165, 1.54) is 0 Å². The molecule has 110 valence electrons. The first kappa shape index (κ1) is 18.4. The molecule has 0 aromatic heterocycles. The Morgan fingerprint density at radius 3 is 2.16 bits per heavy atom. The van der Waals surface area contributed by atoms with Gasteiger partial charge in [0.2, 0.25) is 0 Å². The maximum absolute atomic E-state index is 13.1. The molecule has 0 saturated carbocycles. The lowest BCUT2D eigenvalue weighted by atomic mass is 9.96. The van der Waals surface area contributed by atoms with Gasteiger partial charge in [-0.15, -0.1) is 12.4 Å². The molecule has 0 aliphatic rings.